The van der Waals surface area contributed by atoms with Gasteiger partial charge in [-0.15, -0.1) is 11.3 Å². The molecule has 0 aliphatic rings. The molecule has 1 heterocycles. The van der Waals surface area contributed by atoms with Crippen molar-refractivity contribution in [3.05, 3.63) is 11.1 Å². The number of anilines is 1. The van der Waals surface area contributed by atoms with Crippen LogP contribution in [0.3, 0.4) is 0 Å². The molecule has 0 fully saturated rings. The fraction of sp³-hybridized carbons (Fsp3) is 0.545. The number of ether oxygens (including phenoxy) is 1. The van der Waals surface area contributed by atoms with Crippen LogP contribution in [0, 0.1) is 0 Å². The van der Waals surface area contributed by atoms with Gasteiger partial charge in [-0.2, -0.15) is 0 Å². The Morgan fingerprint density at radius 3 is 2.76 bits per heavy atom. The summed E-state index contributed by atoms with van der Waals surface area (Å²) in [6.07, 6.45) is -0.273. The van der Waals surface area contributed by atoms with E-state index in [2.05, 4.69) is 15.0 Å². The van der Waals surface area contributed by atoms with E-state index in [4.69, 9.17) is 0 Å². The Balaban J connectivity index is 2.47. The molecule has 0 atom stereocenters. The Bertz CT molecular complexity index is 401. The average molecular weight is 256 g/mol. The third-order valence-corrected chi connectivity index (χ3v) is 2.75. The van der Waals surface area contributed by atoms with Crippen molar-refractivity contribution in [2.24, 2.45) is 0 Å². The lowest BCUT2D eigenvalue weighted by Gasteiger charge is -2.02. The summed E-state index contributed by atoms with van der Waals surface area (Å²) in [7, 11) is 0. The quantitative estimate of drug-likeness (QED) is 0.647. The molecule has 0 saturated heterocycles. The molecular weight excluding hydrogens is 240 g/mol. The van der Waals surface area contributed by atoms with Crippen molar-refractivity contribution in [2.45, 2.75) is 33.1 Å². The van der Waals surface area contributed by atoms with Crippen molar-refractivity contribution in [3.63, 3.8) is 0 Å². The van der Waals surface area contributed by atoms with E-state index in [1.165, 1.54) is 11.3 Å². The number of hydrogen-bond donors (Lipinski definition) is 1. The highest BCUT2D eigenvalue weighted by molar-refractivity contribution is 7.13. The van der Waals surface area contributed by atoms with Crippen LogP contribution in [0.25, 0.3) is 0 Å². The first-order chi connectivity index (χ1) is 8.02. The normalized spacial score (nSPS) is 10.4. The zero-order valence-corrected chi connectivity index (χ0v) is 11.0. The summed E-state index contributed by atoms with van der Waals surface area (Å²) >= 11 is 1.35. The van der Waals surface area contributed by atoms with Gasteiger partial charge in [-0.05, 0) is 12.8 Å². The van der Waals surface area contributed by atoms with Gasteiger partial charge in [-0.3, -0.25) is 9.59 Å². The van der Waals surface area contributed by atoms with Crippen LogP contribution >= 0.6 is 11.3 Å². The second-order valence-corrected chi connectivity index (χ2v) is 4.62. The van der Waals surface area contributed by atoms with E-state index in [0.29, 0.717) is 11.0 Å². The van der Waals surface area contributed by atoms with Crippen LogP contribution in [-0.4, -0.2) is 23.5 Å². The van der Waals surface area contributed by atoms with Crippen molar-refractivity contribution >= 4 is 28.3 Å². The maximum atomic E-state index is 11.4. The first-order valence-electron chi connectivity index (χ1n) is 5.43. The van der Waals surface area contributed by atoms with Gasteiger partial charge in [0, 0.05) is 5.38 Å². The molecule has 0 bridgehead atoms. The van der Waals surface area contributed by atoms with E-state index < -0.39 is 11.9 Å². The number of nitrogens with zero attached hydrogens (tertiary/aromatic N) is 1. The smallest absolute Gasteiger partial charge is 0.315 e. The molecule has 17 heavy (non-hydrogen) atoms. The van der Waals surface area contributed by atoms with Gasteiger partial charge in [0.25, 0.3) is 0 Å². The van der Waals surface area contributed by atoms with Crippen LogP contribution < -0.4 is 5.32 Å². The summed E-state index contributed by atoms with van der Waals surface area (Å²) in [5.41, 5.74) is 0.932. The molecule has 1 amide bonds. The largest absolute Gasteiger partial charge is 0.466 e. The van der Waals surface area contributed by atoms with Gasteiger partial charge < -0.3 is 10.1 Å². The van der Waals surface area contributed by atoms with Crippen LogP contribution in [0.4, 0.5) is 5.13 Å². The highest BCUT2D eigenvalue weighted by Crippen LogP contribution is 2.21. The van der Waals surface area contributed by atoms with E-state index in [0.717, 1.165) is 5.69 Å². The van der Waals surface area contributed by atoms with Crippen molar-refractivity contribution in [1.29, 1.82) is 0 Å². The zero-order valence-electron chi connectivity index (χ0n) is 10.1. The first kappa shape index (κ1) is 13.6. The van der Waals surface area contributed by atoms with E-state index in [9.17, 15) is 9.59 Å². The predicted molar refractivity (Wildman–Crippen MR) is 66.1 cm³/mol. The summed E-state index contributed by atoms with van der Waals surface area (Å²) < 4.78 is 4.68. The minimum Gasteiger partial charge on any atom is -0.466 e. The minimum absolute atomic E-state index is 0.273. The van der Waals surface area contributed by atoms with Gasteiger partial charge in [0.2, 0.25) is 5.91 Å². The number of hydrogen-bond acceptors (Lipinski definition) is 5. The molecule has 1 rings (SSSR count). The number of carbonyl (C=O) groups excluding carboxylic acids is 2. The number of nitrogens with one attached hydrogen (secondary N) is 1. The second-order valence-electron chi connectivity index (χ2n) is 3.76. The Labute approximate surface area is 104 Å². The lowest BCUT2D eigenvalue weighted by Crippen LogP contribution is -2.18. The standard InChI is InChI=1S/C11H16N2O3S/c1-4-16-10(15)5-9(14)13-11-12-8(6-17-11)7(2)3/h6-7H,4-5H2,1-3H3,(H,12,13,14). The Morgan fingerprint density at radius 2 is 2.24 bits per heavy atom. The molecule has 0 saturated carbocycles. The van der Waals surface area contributed by atoms with Gasteiger partial charge in [0.15, 0.2) is 5.13 Å². The number of carbonyl (C=O) groups is 2. The van der Waals surface area contributed by atoms with Crippen LogP contribution in [0.2, 0.25) is 0 Å². The molecule has 6 heteroatoms. The van der Waals surface area contributed by atoms with Crippen molar-refractivity contribution < 1.29 is 14.3 Å². The highest BCUT2D eigenvalue weighted by atomic mass is 32.1. The minimum atomic E-state index is -0.523. The SMILES string of the molecule is CCOC(=O)CC(=O)Nc1nc(C(C)C)cs1. The molecule has 0 spiro atoms. The summed E-state index contributed by atoms with van der Waals surface area (Å²) in [6, 6.07) is 0. The fourth-order valence-corrected chi connectivity index (χ4v) is 2.00. The lowest BCUT2D eigenvalue weighted by molar-refractivity contribution is -0.145. The number of amides is 1. The van der Waals surface area contributed by atoms with Gasteiger partial charge >= 0.3 is 5.97 Å². The molecule has 5 nitrogen and oxygen atoms in total. The molecule has 1 N–H and O–H groups in total. The Kier molecular flexibility index (Phi) is 5.09. The summed E-state index contributed by atoms with van der Waals surface area (Å²) in [6.45, 7) is 6.03. The monoisotopic (exact) mass is 256 g/mol. The zero-order chi connectivity index (χ0) is 12.8. The molecule has 0 unspecified atom stereocenters. The molecule has 0 radical (unpaired) electrons. The van der Waals surface area contributed by atoms with Crippen LogP contribution in [0.5, 0.6) is 0 Å². The predicted octanol–water partition coefficient (Wildman–Crippen LogP) is 2.16. The van der Waals surface area contributed by atoms with E-state index in [1.807, 2.05) is 19.2 Å². The number of rotatable bonds is 5. The average Bonchev–Trinajstić information content (AvgIpc) is 2.66. The lowest BCUT2D eigenvalue weighted by atomic mass is 10.2. The fourth-order valence-electron chi connectivity index (χ4n) is 1.12. The van der Waals surface area contributed by atoms with Crippen molar-refractivity contribution in [1.82, 2.24) is 4.98 Å². The number of thiazole rings is 1. The van der Waals surface area contributed by atoms with Crippen molar-refractivity contribution in [2.75, 3.05) is 11.9 Å². The topological polar surface area (TPSA) is 68.3 Å². The van der Waals surface area contributed by atoms with Crippen LogP contribution in [0.15, 0.2) is 5.38 Å². The van der Waals surface area contributed by atoms with Crippen LogP contribution in [-0.2, 0) is 14.3 Å². The highest BCUT2D eigenvalue weighted by Gasteiger charge is 2.12. The molecule has 0 aromatic carbocycles. The third kappa shape index (κ3) is 4.52. The Hall–Kier alpha value is -1.43. The summed E-state index contributed by atoms with van der Waals surface area (Å²) in [5, 5.41) is 4.98. The van der Waals surface area contributed by atoms with Gasteiger partial charge in [0.1, 0.15) is 6.42 Å². The maximum Gasteiger partial charge on any atom is 0.315 e. The second kappa shape index (κ2) is 6.34. The van der Waals surface area contributed by atoms with E-state index in [1.54, 1.807) is 6.92 Å². The number of aromatic nitrogens is 1. The van der Waals surface area contributed by atoms with E-state index >= 15 is 0 Å². The third-order valence-electron chi connectivity index (χ3n) is 1.97. The molecule has 1 aromatic heterocycles. The van der Waals surface area contributed by atoms with E-state index in [-0.39, 0.29) is 13.0 Å². The molecular formula is C11H16N2O3S. The molecule has 1 aromatic rings. The molecule has 0 aliphatic carbocycles. The van der Waals surface area contributed by atoms with Crippen molar-refractivity contribution in [3.8, 4) is 0 Å². The summed E-state index contributed by atoms with van der Waals surface area (Å²) in [5.74, 6) is -0.597. The Morgan fingerprint density at radius 1 is 1.53 bits per heavy atom. The first-order valence-corrected chi connectivity index (χ1v) is 6.31. The number of esters is 1. The van der Waals surface area contributed by atoms with Crippen LogP contribution in [0.1, 0.15) is 38.8 Å². The molecule has 94 valence electrons. The van der Waals surface area contributed by atoms with Gasteiger partial charge in [0.05, 0.1) is 12.3 Å². The summed E-state index contributed by atoms with van der Waals surface area (Å²) in [4.78, 5) is 26.7. The maximum absolute atomic E-state index is 11.4. The van der Waals surface area contributed by atoms with Gasteiger partial charge in [-0.1, -0.05) is 13.8 Å². The van der Waals surface area contributed by atoms with Gasteiger partial charge in [-0.25, -0.2) is 4.98 Å². The molecule has 0 aliphatic heterocycles.